The molecule has 8 heteroatoms. The Hall–Kier alpha value is -2.19. The summed E-state index contributed by atoms with van der Waals surface area (Å²) < 4.78 is 17.2. The minimum Gasteiger partial charge on any atom is -0.544 e. The second-order valence-electron chi connectivity index (χ2n) is 17.4. The first kappa shape index (κ1) is 54.8. The molecule has 2 unspecified atom stereocenters. The second kappa shape index (κ2) is 40.6. The zero-order valence-corrected chi connectivity index (χ0v) is 38.0. The molecule has 57 heavy (non-hydrogen) atoms. The number of ether oxygens (including phenoxy) is 3. The van der Waals surface area contributed by atoms with Crippen molar-refractivity contribution in [1.82, 2.24) is 0 Å². The average molecular weight is 806 g/mol. The Kier molecular flexibility index (Phi) is 39.0. The van der Waals surface area contributed by atoms with Gasteiger partial charge in [-0.1, -0.05) is 186 Å². The lowest BCUT2D eigenvalue weighted by Crippen LogP contribution is -2.55. The average Bonchev–Trinajstić information content (AvgIpc) is 3.17. The first-order chi connectivity index (χ1) is 27.6. The fraction of sp³-hybridized carbons (Fsp3) is 0.857. The van der Waals surface area contributed by atoms with Gasteiger partial charge in [0.25, 0.3) is 0 Å². The summed E-state index contributed by atoms with van der Waals surface area (Å²) in [5, 5.41) is 11.6. The monoisotopic (exact) mass is 806 g/mol. The molecule has 0 heterocycles. The molecule has 0 aromatic rings. The van der Waals surface area contributed by atoms with Crippen LogP contribution in [0.4, 0.5) is 0 Å². The van der Waals surface area contributed by atoms with E-state index in [2.05, 4.69) is 38.2 Å². The number of esters is 2. The van der Waals surface area contributed by atoms with Crippen LogP contribution < -0.4 is 5.11 Å². The van der Waals surface area contributed by atoms with Crippen molar-refractivity contribution in [3.05, 3.63) is 24.3 Å². The molecule has 0 saturated carbocycles. The van der Waals surface area contributed by atoms with Gasteiger partial charge in [0, 0.05) is 19.3 Å². The Morgan fingerprint density at radius 2 is 0.912 bits per heavy atom. The number of nitrogens with zero attached hydrogens (tertiary/aromatic N) is 1. The molecule has 2 atom stereocenters. The van der Waals surface area contributed by atoms with Crippen LogP contribution >= 0.6 is 0 Å². The van der Waals surface area contributed by atoms with Crippen molar-refractivity contribution in [2.75, 3.05) is 41.0 Å². The van der Waals surface area contributed by atoms with Gasteiger partial charge >= 0.3 is 11.9 Å². The lowest BCUT2D eigenvalue weighted by Gasteiger charge is -2.34. The van der Waals surface area contributed by atoms with Gasteiger partial charge in [-0.2, -0.15) is 0 Å². The topological polar surface area (TPSA) is 102 Å². The highest BCUT2D eigenvalue weighted by atomic mass is 16.6. The summed E-state index contributed by atoms with van der Waals surface area (Å²) in [4.78, 5) is 36.9. The van der Waals surface area contributed by atoms with Crippen LogP contribution in [0.2, 0.25) is 0 Å². The first-order valence-electron chi connectivity index (χ1n) is 23.9. The van der Waals surface area contributed by atoms with E-state index in [1.165, 1.54) is 128 Å². The molecule has 8 nitrogen and oxygen atoms in total. The van der Waals surface area contributed by atoms with Crippen LogP contribution in [0.25, 0.3) is 0 Å². The van der Waals surface area contributed by atoms with Gasteiger partial charge in [0.15, 0.2) is 6.10 Å². The van der Waals surface area contributed by atoms with E-state index in [-0.39, 0.29) is 42.7 Å². The van der Waals surface area contributed by atoms with E-state index in [0.717, 1.165) is 57.8 Å². The molecule has 0 aliphatic rings. The number of aliphatic carboxylic acids is 1. The Bertz CT molecular complexity index is 989. The lowest BCUT2D eigenvalue weighted by atomic mass is 10.0. The van der Waals surface area contributed by atoms with Gasteiger partial charge in [0.2, 0.25) is 0 Å². The van der Waals surface area contributed by atoms with Crippen LogP contribution in [-0.4, -0.2) is 75.5 Å². The molecule has 0 rings (SSSR count). The largest absolute Gasteiger partial charge is 0.544 e. The fourth-order valence-electron chi connectivity index (χ4n) is 7.12. The minimum atomic E-state index is -1.12. The Morgan fingerprint density at radius 1 is 0.526 bits per heavy atom. The molecule has 0 aromatic carbocycles. The van der Waals surface area contributed by atoms with E-state index in [0.29, 0.717) is 12.8 Å². The number of unbranched alkanes of at least 4 members (excludes halogenated alkanes) is 26. The van der Waals surface area contributed by atoms with Gasteiger partial charge in [0.1, 0.15) is 12.6 Å². The summed E-state index contributed by atoms with van der Waals surface area (Å²) in [6.07, 6.45) is 44.8. The highest BCUT2D eigenvalue weighted by Crippen LogP contribution is 2.15. The summed E-state index contributed by atoms with van der Waals surface area (Å²) in [7, 11) is 5.41. The molecule has 0 N–H and O–H groups in total. The van der Waals surface area contributed by atoms with Gasteiger partial charge in [-0.3, -0.25) is 9.59 Å². The van der Waals surface area contributed by atoms with Crippen molar-refractivity contribution >= 4 is 17.9 Å². The Morgan fingerprint density at radius 3 is 1.32 bits per heavy atom. The SMILES string of the molecule is CCCCCCCCC/C=C/C=C/CCCCCCCC(=O)OCC(COCCC(C(=O)[O-])[N+](C)(C)C)OC(=O)CCCCCCCCCCCCCCCCC. The summed E-state index contributed by atoms with van der Waals surface area (Å²) in [6.45, 7) is 4.67. The van der Waals surface area contributed by atoms with Gasteiger partial charge in [-0.15, -0.1) is 0 Å². The van der Waals surface area contributed by atoms with E-state index in [1.807, 2.05) is 0 Å². The maximum atomic E-state index is 12.7. The zero-order valence-electron chi connectivity index (χ0n) is 38.0. The third-order valence-corrected chi connectivity index (χ3v) is 10.9. The summed E-state index contributed by atoms with van der Waals surface area (Å²) in [5.41, 5.74) is 0. The third kappa shape index (κ3) is 39.1. The smallest absolute Gasteiger partial charge is 0.306 e. The van der Waals surface area contributed by atoms with Crippen molar-refractivity contribution in [1.29, 1.82) is 0 Å². The fourth-order valence-corrected chi connectivity index (χ4v) is 7.12. The van der Waals surface area contributed by atoms with Crippen LogP contribution in [0.1, 0.15) is 219 Å². The Labute approximate surface area is 351 Å². The predicted molar refractivity (Wildman–Crippen MR) is 236 cm³/mol. The number of likely N-dealkylation sites (N-methyl/N-ethyl adjacent to an activating group) is 1. The number of carbonyl (C=O) groups excluding carboxylic acids is 3. The van der Waals surface area contributed by atoms with Crippen LogP contribution in [0.5, 0.6) is 0 Å². The zero-order chi connectivity index (χ0) is 42.1. The number of hydrogen-bond donors (Lipinski definition) is 0. The van der Waals surface area contributed by atoms with Gasteiger partial charge in [-0.05, 0) is 38.5 Å². The predicted octanol–water partition coefficient (Wildman–Crippen LogP) is 11.9. The second-order valence-corrected chi connectivity index (χ2v) is 17.4. The maximum Gasteiger partial charge on any atom is 0.306 e. The molecule has 334 valence electrons. The van der Waals surface area contributed by atoms with E-state index in [9.17, 15) is 19.5 Å². The molecular formula is C49H91NO7. The summed E-state index contributed by atoms with van der Waals surface area (Å²) >= 11 is 0. The van der Waals surface area contributed by atoms with Crippen molar-refractivity contribution in [3.63, 3.8) is 0 Å². The van der Waals surface area contributed by atoms with E-state index < -0.39 is 18.1 Å². The first-order valence-corrected chi connectivity index (χ1v) is 23.9. The molecule has 0 aliphatic carbocycles. The molecule has 0 radical (unpaired) electrons. The maximum absolute atomic E-state index is 12.7. The highest BCUT2D eigenvalue weighted by molar-refractivity contribution is 5.70. The molecular weight excluding hydrogens is 715 g/mol. The molecule has 0 spiro atoms. The summed E-state index contributed by atoms with van der Waals surface area (Å²) in [6, 6.07) is -0.725. The van der Waals surface area contributed by atoms with Gasteiger partial charge in [0.05, 0.1) is 40.3 Å². The van der Waals surface area contributed by atoms with Gasteiger partial charge < -0.3 is 28.6 Å². The molecule has 0 saturated heterocycles. The van der Waals surface area contributed by atoms with Crippen molar-refractivity contribution in [2.24, 2.45) is 0 Å². The molecule has 0 aromatic heterocycles. The Balaban J connectivity index is 4.30. The van der Waals surface area contributed by atoms with E-state index in [1.54, 1.807) is 21.1 Å². The number of rotatable bonds is 43. The molecule has 0 amide bonds. The molecule has 0 aliphatic heterocycles. The van der Waals surface area contributed by atoms with Crippen molar-refractivity contribution in [2.45, 2.75) is 231 Å². The highest BCUT2D eigenvalue weighted by Gasteiger charge is 2.25. The molecule has 0 bridgehead atoms. The van der Waals surface area contributed by atoms with Crippen LogP contribution in [0.3, 0.4) is 0 Å². The van der Waals surface area contributed by atoms with E-state index >= 15 is 0 Å². The quantitative estimate of drug-likeness (QED) is 0.0262. The lowest BCUT2D eigenvalue weighted by molar-refractivity contribution is -0.889. The standard InChI is InChI=1S/C49H91NO7/c1-6-8-10-12-14-16-18-20-22-23-24-26-27-29-31-33-35-37-39-47(51)56-44-45(43-55-42-41-46(49(53)54)50(3,4)5)57-48(52)40-38-36-34-32-30-28-25-21-19-17-15-13-11-9-7-2/h22-24,26,45-46H,6-21,25,27-44H2,1-5H3/b23-22+,26-24+. The number of quaternary nitrogens is 1. The van der Waals surface area contributed by atoms with Crippen LogP contribution in [-0.2, 0) is 28.6 Å². The van der Waals surface area contributed by atoms with Crippen molar-refractivity contribution in [3.8, 4) is 0 Å². The van der Waals surface area contributed by atoms with Crippen LogP contribution in [0, 0.1) is 0 Å². The third-order valence-electron chi connectivity index (χ3n) is 10.9. The number of carboxylic acids is 1. The summed E-state index contributed by atoms with van der Waals surface area (Å²) in [5.74, 6) is -1.74. The van der Waals surface area contributed by atoms with Crippen LogP contribution in [0.15, 0.2) is 24.3 Å². The van der Waals surface area contributed by atoms with Crippen molar-refractivity contribution < 1.29 is 38.2 Å². The van der Waals surface area contributed by atoms with E-state index in [4.69, 9.17) is 14.2 Å². The van der Waals surface area contributed by atoms with Gasteiger partial charge in [-0.25, -0.2) is 0 Å². The molecule has 0 fully saturated rings. The number of carboxylic acid groups (broad SMARTS) is 1. The number of allylic oxidation sites excluding steroid dienone is 4. The number of hydrogen-bond acceptors (Lipinski definition) is 7. The normalized spacial score (nSPS) is 13.1. The minimum absolute atomic E-state index is 0.0399. The number of carbonyl (C=O) groups is 3.